The van der Waals surface area contributed by atoms with Crippen LogP contribution >= 0.6 is 11.6 Å². The van der Waals surface area contributed by atoms with E-state index < -0.39 is 10.8 Å². The summed E-state index contributed by atoms with van der Waals surface area (Å²) in [6.45, 7) is 3.86. The molecule has 110 valence electrons. The fraction of sp³-hybridized carbons (Fsp3) is 0.462. The molecule has 1 N–H and O–H groups in total. The van der Waals surface area contributed by atoms with Crippen LogP contribution in [0.25, 0.3) is 0 Å². The molecule has 0 radical (unpaired) electrons. The van der Waals surface area contributed by atoms with Crippen molar-refractivity contribution in [3.8, 4) is 5.75 Å². The first kappa shape index (κ1) is 16.2. The van der Waals surface area contributed by atoms with E-state index in [0.29, 0.717) is 0 Å². The van der Waals surface area contributed by atoms with E-state index in [1.807, 2.05) is 13.8 Å². The molecular formula is C13H17ClN2O4. The highest BCUT2D eigenvalue weighted by Gasteiger charge is 2.24. The molecule has 0 spiro atoms. The standard InChI is InChI=1S/C13H17ClN2O4/c1-8(2)10(7-14)15-13(17)9-5-4-6-11(16(18)19)12(9)20-3/h4-6,8,10H,7H2,1-3H3,(H,15,17). The average molecular weight is 301 g/mol. The highest BCUT2D eigenvalue weighted by Crippen LogP contribution is 2.30. The number of halogens is 1. The number of nitro benzene ring substituents is 1. The van der Waals surface area contributed by atoms with Crippen LogP contribution in [0.4, 0.5) is 5.69 Å². The lowest BCUT2D eigenvalue weighted by molar-refractivity contribution is -0.385. The van der Waals surface area contributed by atoms with E-state index in [2.05, 4.69) is 5.32 Å². The number of methoxy groups -OCH3 is 1. The van der Waals surface area contributed by atoms with Crippen LogP contribution in [-0.2, 0) is 0 Å². The Kier molecular flexibility index (Phi) is 5.76. The first-order chi connectivity index (χ1) is 9.42. The lowest BCUT2D eigenvalue weighted by atomic mass is 10.1. The zero-order chi connectivity index (χ0) is 15.3. The molecule has 1 rings (SSSR count). The Hall–Kier alpha value is -1.82. The predicted molar refractivity (Wildman–Crippen MR) is 76.5 cm³/mol. The van der Waals surface area contributed by atoms with E-state index >= 15 is 0 Å². The van der Waals surface area contributed by atoms with Crippen molar-refractivity contribution in [3.05, 3.63) is 33.9 Å². The normalized spacial score (nSPS) is 12.1. The molecule has 1 atom stereocenters. The van der Waals surface area contributed by atoms with Gasteiger partial charge in [0.25, 0.3) is 5.91 Å². The Labute approximate surface area is 122 Å². The van der Waals surface area contributed by atoms with Crippen LogP contribution in [0.15, 0.2) is 18.2 Å². The average Bonchev–Trinajstić information content (AvgIpc) is 2.42. The summed E-state index contributed by atoms with van der Waals surface area (Å²) in [5.74, 6) is -0.0705. The maximum absolute atomic E-state index is 12.2. The number of amides is 1. The van der Waals surface area contributed by atoms with E-state index in [9.17, 15) is 14.9 Å². The van der Waals surface area contributed by atoms with Crippen molar-refractivity contribution in [3.63, 3.8) is 0 Å². The minimum atomic E-state index is -0.586. The number of rotatable bonds is 6. The molecule has 1 aromatic carbocycles. The van der Waals surface area contributed by atoms with Crippen molar-refractivity contribution in [1.29, 1.82) is 0 Å². The molecule has 1 aromatic rings. The Morgan fingerprint density at radius 3 is 2.60 bits per heavy atom. The summed E-state index contributed by atoms with van der Waals surface area (Å²) in [5.41, 5.74) is -0.121. The highest BCUT2D eigenvalue weighted by molar-refractivity contribution is 6.18. The SMILES string of the molecule is COc1c(C(=O)NC(CCl)C(C)C)cccc1[N+](=O)[O-]. The molecule has 0 aliphatic carbocycles. The second kappa shape index (κ2) is 7.09. The van der Waals surface area contributed by atoms with Gasteiger partial charge in [0, 0.05) is 18.0 Å². The van der Waals surface area contributed by atoms with Crippen LogP contribution in [0.1, 0.15) is 24.2 Å². The Bertz CT molecular complexity index is 505. The number of nitrogens with zero attached hydrogens (tertiary/aromatic N) is 1. The second-order valence-corrected chi connectivity index (χ2v) is 4.90. The van der Waals surface area contributed by atoms with E-state index in [1.165, 1.54) is 25.3 Å². The first-order valence-corrected chi connectivity index (χ1v) is 6.64. The number of ether oxygens (including phenoxy) is 1. The van der Waals surface area contributed by atoms with Gasteiger partial charge in [0.15, 0.2) is 0 Å². The number of carbonyl (C=O) groups is 1. The van der Waals surface area contributed by atoms with E-state index in [1.54, 1.807) is 0 Å². The fourth-order valence-corrected chi connectivity index (χ4v) is 2.12. The molecule has 0 saturated heterocycles. The van der Waals surface area contributed by atoms with E-state index in [4.69, 9.17) is 16.3 Å². The molecule has 20 heavy (non-hydrogen) atoms. The van der Waals surface area contributed by atoms with Crippen LogP contribution in [0, 0.1) is 16.0 Å². The van der Waals surface area contributed by atoms with Crippen LogP contribution in [-0.4, -0.2) is 29.9 Å². The molecule has 0 fully saturated rings. The molecule has 0 saturated carbocycles. The number of hydrogen-bond acceptors (Lipinski definition) is 4. The van der Waals surface area contributed by atoms with Gasteiger partial charge in [0.2, 0.25) is 5.75 Å². The largest absolute Gasteiger partial charge is 0.490 e. The lowest BCUT2D eigenvalue weighted by Crippen LogP contribution is -2.40. The fourth-order valence-electron chi connectivity index (χ4n) is 1.69. The minimum absolute atomic E-state index is 0.0490. The third-order valence-corrected chi connectivity index (χ3v) is 3.26. The molecule has 0 bridgehead atoms. The summed E-state index contributed by atoms with van der Waals surface area (Å²) in [4.78, 5) is 22.5. The van der Waals surface area contributed by atoms with Gasteiger partial charge in [-0.2, -0.15) is 0 Å². The number of benzene rings is 1. The van der Waals surface area contributed by atoms with Crippen molar-refractivity contribution in [2.45, 2.75) is 19.9 Å². The number of nitro groups is 1. The van der Waals surface area contributed by atoms with Gasteiger partial charge in [-0.15, -0.1) is 11.6 Å². The topological polar surface area (TPSA) is 81.5 Å². The van der Waals surface area contributed by atoms with Crippen LogP contribution < -0.4 is 10.1 Å². The summed E-state index contributed by atoms with van der Waals surface area (Å²) in [6, 6.07) is 4.00. The summed E-state index contributed by atoms with van der Waals surface area (Å²) in [5, 5.41) is 13.7. The number of hydrogen-bond donors (Lipinski definition) is 1. The van der Waals surface area contributed by atoms with E-state index in [-0.39, 0.29) is 34.8 Å². The third kappa shape index (κ3) is 3.60. The molecular weight excluding hydrogens is 284 g/mol. The van der Waals surface area contributed by atoms with Crippen molar-refractivity contribution in [1.82, 2.24) is 5.32 Å². The maximum Gasteiger partial charge on any atom is 0.311 e. The van der Waals surface area contributed by atoms with Crippen LogP contribution in [0.2, 0.25) is 0 Å². The molecule has 7 heteroatoms. The number of para-hydroxylation sites is 1. The maximum atomic E-state index is 12.2. The number of nitrogens with one attached hydrogen (secondary N) is 1. The van der Waals surface area contributed by atoms with Crippen molar-refractivity contribution in [2.75, 3.05) is 13.0 Å². The van der Waals surface area contributed by atoms with Gasteiger partial charge in [-0.1, -0.05) is 19.9 Å². The predicted octanol–water partition coefficient (Wildman–Crippen LogP) is 2.60. The van der Waals surface area contributed by atoms with Gasteiger partial charge in [-0.05, 0) is 12.0 Å². The number of alkyl halides is 1. The summed E-state index contributed by atoms with van der Waals surface area (Å²) in [6.07, 6.45) is 0. The van der Waals surface area contributed by atoms with Crippen LogP contribution in [0.3, 0.4) is 0 Å². The Morgan fingerprint density at radius 1 is 1.50 bits per heavy atom. The molecule has 0 aliphatic heterocycles. The summed E-state index contributed by atoms with van der Waals surface area (Å²) >= 11 is 5.80. The van der Waals surface area contributed by atoms with Crippen molar-refractivity contribution in [2.24, 2.45) is 5.92 Å². The summed E-state index contributed by atoms with van der Waals surface area (Å²) < 4.78 is 5.00. The Balaban J connectivity index is 3.10. The van der Waals surface area contributed by atoms with Gasteiger partial charge in [0.05, 0.1) is 17.6 Å². The zero-order valence-corrected chi connectivity index (χ0v) is 12.3. The molecule has 0 aromatic heterocycles. The molecule has 1 unspecified atom stereocenters. The van der Waals surface area contributed by atoms with Gasteiger partial charge in [-0.25, -0.2) is 0 Å². The monoisotopic (exact) mass is 300 g/mol. The smallest absolute Gasteiger partial charge is 0.311 e. The quantitative estimate of drug-likeness (QED) is 0.497. The highest BCUT2D eigenvalue weighted by atomic mass is 35.5. The van der Waals surface area contributed by atoms with Gasteiger partial charge < -0.3 is 10.1 Å². The van der Waals surface area contributed by atoms with Crippen molar-refractivity contribution < 1.29 is 14.5 Å². The first-order valence-electron chi connectivity index (χ1n) is 6.10. The van der Waals surface area contributed by atoms with E-state index in [0.717, 1.165) is 0 Å². The molecule has 6 nitrogen and oxygen atoms in total. The molecule has 0 aliphatic rings. The van der Waals surface area contributed by atoms with Gasteiger partial charge in [-0.3, -0.25) is 14.9 Å². The Morgan fingerprint density at radius 2 is 2.15 bits per heavy atom. The van der Waals surface area contributed by atoms with Gasteiger partial charge in [0.1, 0.15) is 0 Å². The molecule has 0 heterocycles. The second-order valence-electron chi connectivity index (χ2n) is 4.59. The van der Waals surface area contributed by atoms with Gasteiger partial charge >= 0.3 is 5.69 Å². The van der Waals surface area contributed by atoms with Crippen molar-refractivity contribution >= 4 is 23.2 Å². The lowest BCUT2D eigenvalue weighted by Gasteiger charge is -2.20. The minimum Gasteiger partial charge on any atom is -0.490 e. The summed E-state index contributed by atoms with van der Waals surface area (Å²) in [7, 11) is 1.29. The number of carbonyl (C=O) groups excluding carboxylic acids is 1. The third-order valence-electron chi connectivity index (χ3n) is 2.93. The zero-order valence-electron chi connectivity index (χ0n) is 11.6. The molecule has 1 amide bonds. The van der Waals surface area contributed by atoms with Crippen LogP contribution in [0.5, 0.6) is 5.75 Å².